The summed E-state index contributed by atoms with van der Waals surface area (Å²) in [5.74, 6) is 1.78. The average Bonchev–Trinajstić information content (AvgIpc) is 2.28. The number of thioether (sulfide) groups is 1. The first-order valence-corrected chi connectivity index (χ1v) is 6.98. The zero-order valence-corrected chi connectivity index (χ0v) is 11.6. The van der Waals surface area contributed by atoms with Gasteiger partial charge < -0.3 is 4.74 Å². The van der Waals surface area contributed by atoms with Crippen molar-refractivity contribution < 1.29 is 4.74 Å². The van der Waals surface area contributed by atoms with Gasteiger partial charge >= 0.3 is 0 Å². The van der Waals surface area contributed by atoms with Crippen molar-refractivity contribution in [3.8, 4) is 11.2 Å². The summed E-state index contributed by atoms with van der Waals surface area (Å²) in [5, 5.41) is 10.5. The van der Waals surface area contributed by atoms with Gasteiger partial charge in [-0.05, 0) is 65.2 Å². The third-order valence-electron chi connectivity index (χ3n) is 2.07. The molecule has 0 radical (unpaired) electrons. The number of rotatable bonds is 6. The summed E-state index contributed by atoms with van der Waals surface area (Å²) in [6.07, 6.45) is 2.03. The van der Waals surface area contributed by atoms with Crippen molar-refractivity contribution in [3.05, 3.63) is 28.2 Å². The van der Waals surface area contributed by atoms with Crippen molar-refractivity contribution in [2.45, 2.75) is 19.8 Å². The molecular formula is C12H14BrNOS. The molecule has 86 valence electrons. The molecule has 0 saturated carbocycles. The van der Waals surface area contributed by atoms with E-state index in [2.05, 4.69) is 33.5 Å². The van der Waals surface area contributed by atoms with Crippen LogP contribution in [0.25, 0.3) is 0 Å². The van der Waals surface area contributed by atoms with Gasteiger partial charge in [-0.2, -0.15) is 5.26 Å². The molecule has 0 spiro atoms. The van der Waals surface area contributed by atoms with Crippen LogP contribution < -0.4 is 4.74 Å². The minimum absolute atomic E-state index is 0.677. The number of benzene rings is 1. The molecule has 0 aliphatic heterocycles. The zero-order valence-electron chi connectivity index (χ0n) is 9.20. The number of nitriles is 1. The number of nitrogens with zero attached hydrogens (tertiary/aromatic N) is 1. The Morgan fingerprint density at radius 1 is 1.50 bits per heavy atom. The molecule has 1 rings (SSSR count). The number of ether oxygens (including phenoxy) is 1. The van der Waals surface area contributed by atoms with Gasteiger partial charge in [0.25, 0.3) is 0 Å². The lowest BCUT2D eigenvalue weighted by molar-refractivity contribution is 0.338. The van der Waals surface area contributed by atoms with Crippen molar-refractivity contribution in [2.24, 2.45) is 0 Å². The van der Waals surface area contributed by atoms with Gasteiger partial charge in [-0.15, -0.1) is 0 Å². The second-order valence-corrected chi connectivity index (χ2v) is 4.97. The van der Waals surface area contributed by atoms with Gasteiger partial charge in [0.05, 0.1) is 11.1 Å². The van der Waals surface area contributed by atoms with Crippen LogP contribution in [0.15, 0.2) is 22.7 Å². The molecule has 0 aliphatic carbocycles. The topological polar surface area (TPSA) is 33.0 Å². The SMILES string of the molecule is CCOc1ccc(CCCSC#N)cc1Br. The smallest absolute Gasteiger partial charge is 0.133 e. The molecule has 0 aromatic heterocycles. The van der Waals surface area contributed by atoms with Crippen LogP contribution in [-0.4, -0.2) is 12.4 Å². The number of hydrogen-bond acceptors (Lipinski definition) is 3. The summed E-state index contributed by atoms with van der Waals surface area (Å²) in [4.78, 5) is 0. The van der Waals surface area contributed by atoms with Crippen molar-refractivity contribution >= 4 is 27.7 Å². The van der Waals surface area contributed by atoms with Gasteiger partial charge in [0.15, 0.2) is 0 Å². The molecule has 0 atom stereocenters. The minimum atomic E-state index is 0.677. The van der Waals surface area contributed by atoms with Crippen molar-refractivity contribution in [1.82, 2.24) is 0 Å². The highest BCUT2D eigenvalue weighted by Crippen LogP contribution is 2.26. The van der Waals surface area contributed by atoms with Crippen LogP contribution in [0.2, 0.25) is 0 Å². The molecule has 0 aliphatic rings. The van der Waals surface area contributed by atoms with Crippen LogP contribution in [0, 0.1) is 10.7 Å². The summed E-state index contributed by atoms with van der Waals surface area (Å²) in [6, 6.07) is 6.15. The summed E-state index contributed by atoms with van der Waals surface area (Å²) in [5.41, 5.74) is 1.27. The predicted octanol–water partition coefficient (Wildman–Crippen LogP) is 3.99. The Kier molecular flexibility index (Phi) is 6.36. The van der Waals surface area contributed by atoms with Crippen molar-refractivity contribution in [2.75, 3.05) is 12.4 Å². The lowest BCUT2D eigenvalue weighted by atomic mass is 10.1. The van der Waals surface area contributed by atoms with E-state index in [1.54, 1.807) is 0 Å². The maximum atomic E-state index is 8.39. The van der Waals surface area contributed by atoms with E-state index in [1.807, 2.05) is 13.0 Å². The Bertz CT molecular complexity index is 376. The van der Waals surface area contributed by atoms with Crippen LogP contribution in [-0.2, 0) is 6.42 Å². The van der Waals surface area contributed by atoms with Gasteiger partial charge in [0.1, 0.15) is 11.2 Å². The largest absolute Gasteiger partial charge is 0.493 e. The summed E-state index contributed by atoms with van der Waals surface area (Å²) in [6.45, 7) is 2.65. The van der Waals surface area contributed by atoms with Crippen molar-refractivity contribution in [1.29, 1.82) is 5.26 Å². The monoisotopic (exact) mass is 299 g/mol. The maximum absolute atomic E-state index is 8.39. The second kappa shape index (κ2) is 7.59. The molecule has 1 aromatic rings. The highest BCUT2D eigenvalue weighted by atomic mass is 79.9. The molecule has 0 unspecified atom stereocenters. The van der Waals surface area contributed by atoms with E-state index >= 15 is 0 Å². The predicted molar refractivity (Wildman–Crippen MR) is 71.7 cm³/mol. The van der Waals surface area contributed by atoms with Gasteiger partial charge in [0.2, 0.25) is 0 Å². The van der Waals surface area contributed by atoms with E-state index in [1.165, 1.54) is 17.3 Å². The van der Waals surface area contributed by atoms with Crippen molar-refractivity contribution in [3.63, 3.8) is 0 Å². The van der Waals surface area contributed by atoms with E-state index in [0.29, 0.717) is 6.61 Å². The van der Waals surface area contributed by atoms with Gasteiger partial charge in [-0.25, -0.2) is 0 Å². The Morgan fingerprint density at radius 3 is 2.94 bits per heavy atom. The fraction of sp³-hybridized carbons (Fsp3) is 0.417. The Balaban J connectivity index is 2.50. The number of halogens is 1. The lowest BCUT2D eigenvalue weighted by Crippen LogP contribution is -1.94. The molecule has 0 fully saturated rings. The van der Waals surface area contributed by atoms with Gasteiger partial charge in [-0.3, -0.25) is 0 Å². The maximum Gasteiger partial charge on any atom is 0.133 e. The van der Waals surface area contributed by atoms with Gasteiger partial charge in [0, 0.05) is 5.75 Å². The number of hydrogen-bond donors (Lipinski definition) is 0. The van der Waals surface area contributed by atoms with Crippen LogP contribution in [0.5, 0.6) is 5.75 Å². The Labute approximate surface area is 109 Å². The van der Waals surface area contributed by atoms with Crippen LogP contribution in [0.1, 0.15) is 18.9 Å². The first-order valence-electron chi connectivity index (χ1n) is 5.20. The highest BCUT2D eigenvalue weighted by molar-refractivity contribution is 9.10. The van der Waals surface area contributed by atoms with E-state index < -0.39 is 0 Å². The molecule has 0 heterocycles. The number of thiocyanates is 1. The fourth-order valence-corrected chi connectivity index (χ4v) is 2.29. The molecule has 0 N–H and O–H groups in total. The molecule has 4 heteroatoms. The number of aryl methyl sites for hydroxylation is 1. The quantitative estimate of drug-likeness (QED) is 0.588. The third-order valence-corrected chi connectivity index (χ3v) is 3.31. The van der Waals surface area contributed by atoms with E-state index in [-0.39, 0.29) is 0 Å². The molecule has 0 amide bonds. The normalized spacial score (nSPS) is 9.81. The third kappa shape index (κ3) is 4.46. The molecule has 1 aromatic carbocycles. The minimum Gasteiger partial charge on any atom is -0.493 e. The van der Waals surface area contributed by atoms with Crippen LogP contribution >= 0.6 is 27.7 Å². The molecular weight excluding hydrogens is 286 g/mol. The Morgan fingerprint density at radius 2 is 2.31 bits per heavy atom. The van der Waals surface area contributed by atoms with E-state index in [4.69, 9.17) is 10.00 Å². The van der Waals surface area contributed by atoms with E-state index in [9.17, 15) is 0 Å². The Hall–Kier alpha value is -0.660. The van der Waals surface area contributed by atoms with Gasteiger partial charge in [-0.1, -0.05) is 6.07 Å². The summed E-state index contributed by atoms with van der Waals surface area (Å²) < 4.78 is 6.44. The standard InChI is InChI=1S/C12H14BrNOS/c1-2-15-12-6-5-10(8-11(12)13)4-3-7-16-9-14/h5-6,8H,2-4,7H2,1H3. The van der Waals surface area contributed by atoms with Crippen LogP contribution in [0.4, 0.5) is 0 Å². The first-order chi connectivity index (χ1) is 7.77. The molecule has 0 saturated heterocycles. The summed E-state index contributed by atoms with van der Waals surface area (Å²) in [7, 11) is 0. The fourth-order valence-electron chi connectivity index (χ4n) is 1.37. The molecule has 16 heavy (non-hydrogen) atoms. The second-order valence-electron chi connectivity index (χ2n) is 3.24. The summed E-state index contributed by atoms with van der Waals surface area (Å²) >= 11 is 4.80. The average molecular weight is 300 g/mol. The van der Waals surface area contributed by atoms with Crippen LogP contribution in [0.3, 0.4) is 0 Å². The molecule has 2 nitrogen and oxygen atoms in total. The lowest BCUT2D eigenvalue weighted by Gasteiger charge is -2.07. The highest BCUT2D eigenvalue weighted by Gasteiger charge is 2.02. The molecule has 0 bridgehead atoms. The van der Waals surface area contributed by atoms with E-state index in [0.717, 1.165) is 28.8 Å². The zero-order chi connectivity index (χ0) is 11.8. The first kappa shape index (κ1) is 13.4.